The number of halogens is 5. The molecule has 1 heterocycles. The number of thiophene rings is 1. The van der Waals surface area contributed by atoms with Crippen LogP contribution in [0.25, 0.3) is 42.4 Å². The minimum absolute atomic E-state index is 0.305. The van der Waals surface area contributed by atoms with Crippen LogP contribution in [0.5, 0.6) is 0 Å². The molecule has 0 radical (unpaired) electrons. The summed E-state index contributed by atoms with van der Waals surface area (Å²) in [5.74, 6) is -6.50. The molecule has 5 rings (SSSR count). The van der Waals surface area contributed by atoms with Gasteiger partial charge >= 0.3 is 0 Å². The second-order valence-corrected chi connectivity index (χ2v) is 7.17. The molecule has 0 aliphatic heterocycles. The minimum Gasteiger partial charge on any atom is -0.203 e. The van der Waals surface area contributed by atoms with E-state index in [4.69, 9.17) is 0 Å². The van der Waals surface area contributed by atoms with E-state index in [1.165, 1.54) is 18.2 Å². The summed E-state index contributed by atoms with van der Waals surface area (Å²) in [4.78, 5) is 0. The van der Waals surface area contributed by atoms with Crippen LogP contribution >= 0.6 is 11.3 Å². The van der Waals surface area contributed by atoms with Crippen molar-refractivity contribution >= 4 is 53.7 Å². The first kappa shape index (κ1) is 15.5. The topological polar surface area (TPSA) is 0 Å². The molecule has 0 amide bonds. The zero-order valence-corrected chi connectivity index (χ0v) is 13.7. The van der Waals surface area contributed by atoms with Gasteiger partial charge in [-0.3, -0.25) is 0 Å². The van der Waals surface area contributed by atoms with Gasteiger partial charge in [0.05, 0.1) is 0 Å². The van der Waals surface area contributed by atoms with E-state index in [2.05, 4.69) is 0 Å². The molecule has 0 bridgehead atoms. The fourth-order valence-electron chi connectivity index (χ4n) is 3.35. The molecule has 0 atom stereocenters. The van der Waals surface area contributed by atoms with Gasteiger partial charge in [0.25, 0.3) is 0 Å². The van der Waals surface area contributed by atoms with Gasteiger partial charge in [-0.1, -0.05) is 0 Å². The standard InChI is InChI=1S/C20H7F5S/c21-16-7-12-3-8-1-9-4-13-14(18(23)20(25)19(24)17(13)22)5-10(9)2-11(8)6-15(12)26-16/h1-7H. The Kier molecular flexibility index (Phi) is 3.07. The molecule has 4 aromatic carbocycles. The first-order valence-electron chi connectivity index (χ1n) is 7.64. The van der Waals surface area contributed by atoms with Crippen LogP contribution in [0.4, 0.5) is 22.0 Å². The molecule has 0 saturated carbocycles. The molecule has 0 N–H and O–H groups in total. The molecule has 6 heteroatoms. The highest BCUT2D eigenvalue weighted by Gasteiger charge is 2.20. The number of hydrogen-bond donors (Lipinski definition) is 0. The molecule has 0 aliphatic rings. The van der Waals surface area contributed by atoms with E-state index < -0.39 is 23.3 Å². The number of benzene rings is 4. The fraction of sp³-hybridized carbons (Fsp3) is 0. The van der Waals surface area contributed by atoms with Gasteiger partial charge in [0.15, 0.2) is 28.4 Å². The summed E-state index contributed by atoms with van der Waals surface area (Å²) >= 11 is 1.02. The van der Waals surface area contributed by atoms with Gasteiger partial charge in [-0.2, -0.15) is 4.39 Å². The number of fused-ring (bicyclic) bond motifs is 4. The van der Waals surface area contributed by atoms with Gasteiger partial charge in [-0.25, -0.2) is 17.6 Å². The molecule has 0 fully saturated rings. The lowest BCUT2D eigenvalue weighted by Gasteiger charge is -2.08. The lowest BCUT2D eigenvalue weighted by molar-refractivity contribution is 0.418. The first-order chi connectivity index (χ1) is 12.4. The fourth-order valence-corrected chi connectivity index (χ4v) is 4.17. The molecule has 0 unspecified atom stereocenters. The summed E-state index contributed by atoms with van der Waals surface area (Å²) in [7, 11) is 0. The second kappa shape index (κ2) is 5.14. The van der Waals surface area contributed by atoms with Crippen LogP contribution in [0, 0.1) is 28.4 Å². The van der Waals surface area contributed by atoms with Gasteiger partial charge in [0, 0.05) is 15.5 Å². The highest BCUT2D eigenvalue weighted by molar-refractivity contribution is 7.17. The maximum absolute atomic E-state index is 14.1. The van der Waals surface area contributed by atoms with E-state index in [9.17, 15) is 22.0 Å². The van der Waals surface area contributed by atoms with Crippen LogP contribution < -0.4 is 0 Å². The van der Waals surface area contributed by atoms with Crippen LogP contribution in [0.2, 0.25) is 0 Å². The van der Waals surface area contributed by atoms with Crippen molar-refractivity contribution in [2.45, 2.75) is 0 Å². The Labute approximate surface area is 147 Å². The quantitative estimate of drug-likeness (QED) is 0.118. The molecular weight excluding hydrogens is 367 g/mol. The van der Waals surface area contributed by atoms with E-state index in [0.717, 1.165) is 32.2 Å². The average Bonchev–Trinajstić information content (AvgIpc) is 2.98. The van der Waals surface area contributed by atoms with E-state index >= 15 is 0 Å². The van der Waals surface area contributed by atoms with Crippen molar-refractivity contribution in [3.63, 3.8) is 0 Å². The number of rotatable bonds is 0. The van der Waals surface area contributed by atoms with Gasteiger partial charge < -0.3 is 0 Å². The third kappa shape index (κ3) is 2.05. The summed E-state index contributed by atoms with van der Waals surface area (Å²) in [5, 5.41) is 2.45. The molecule has 0 aliphatic carbocycles. The average molecular weight is 374 g/mol. The molecule has 0 nitrogen and oxygen atoms in total. The first-order valence-corrected chi connectivity index (χ1v) is 8.46. The summed E-state index contributed by atoms with van der Waals surface area (Å²) in [6, 6.07) is 11.1. The Bertz CT molecular complexity index is 1280. The Hall–Kier alpha value is -2.73. The predicted molar refractivity (Wildman–Crippen MR) is 94.1 cm³/mol. The monoisotopic (exact) mass is 374 g/mol. The van der Waals surface area contributed by atoms with Crippen LogP contribution in [0.1, 0.15) is 0 Å². The van der Waals surface area contributed by atoms with Crippen molar-refractivity contribution in [1.82, 2.24) is 0 Å². The molecule has 0 spiro atoms. The van der Waals surface area contributed by atoms with Crippen molar-refractivity contribution in [2.75, 3.05) is 0 Å². The van der Waals surface area contributed by atoms with E-state index in [-0.39, 0.29) is 15.9 Å². The number of hydrogen-bond acceptors (Lipinski definition) is 1. The van der Waals surface area contributed by atoms with Gasteiger partial charge in [-0.15, -0.1) is 11.3 Å². The van der Waals surface area contributed by atoms with Gasteiger partial charge in [0.1, 0.15) is 0 Å². The van der Waals surface area contributed by atoms with Gasteiger partial charge in [-0.05, 0) is 69.4 Å². The van der Waals surface area contributed by atoms with Crippen LogP contribution in [0.3, 0.4) is 0 Å². The lowest BCUT2D eigenvalue weighted by atomic mass is 9.98. The van der Waals surface area contributed by atoms with Crippen LogP contribution in [0.15, 0.2) is 42.5 Å². The highest BCUT2D eigenvalue weighted by atomic mass is 32.1. The van der Waals surface area contributed by atoms with Gasteiger partial charge in [0.2, 0.25) is 0 Å². The van der Waals surface area contributed by atoms with E-state index in [1.807, 2.05) is 6.07 Å². The van der Waals surface area contributed by atoms with Crippen LogP contribution in [-0.2, 0) is 0 Å². The predicted octanol–water partition coefficient (Wildman–Crippen LogP) is 7.06. The van der Waals surface area contributed by atoms with Crippen molar-refractivity contribution in [3.8, 4) is 0 Å². The summed E-state index contributed by atoms with van der Waals surface area (Å²) < 4.78 is 69.4. The second-order valence-electron chi connectivity index (χ2n) is 6.14. The smallest absolute Gasteiger partial charge is 0.198 e. The van der Waals surface area contributed by atoms with Crippen molar-refractivity contribution < 1.29 is 22.0 Å². The van der Waals surface area contributed by atoms with Crippen molar-refractivity contribution in [2.24, 2.45) is 0 Å². The lowest BCUT2D eigenvalue weighted by Crippen LogP contribution is -1.98. The molecule has 128 valence electrons. The zero-order valence-electron chi connectivity index (χ0n) is 12.8. The third-order valence-corrected chi connectivity index (χ3v) is 5.47. The highest BCUT2D eigenvalue weighted by Crippen LogP contribution is 2.35. The van der Waals surface area contributed by atoms with Crippen molar-refractivity contribution in [3.05, 3.63) is 70.9 Å². The summed E-state index contributed by atoms with van der Waals surface area (Å²) in [6.07, 6.45) is 0. The maximum Gasteiger partial charge on any atom is 0.198 e. The Morgan fingerprint density at radius 3 is 1.50 bits per heavy atom. The molecular formula is C20H7F5S. The summed E-state index contributed by atoms with van der Waals surface area (Å²) in [6.45, 7) is 0. The molecule has 1 aromatic heterocycles. The Morgan fingerprint density at radius 2 is 0.923 bits per heavy atom. The summed E-state index contributed by atoms with van der Waals surface area (Å²) in [5.41, 5.74) is 0. The molecule has 5 aromatic rings. The van der Waals surface area contributed by atoms with Crippen molar-refractivity contribution in [1.29, 1.82) is 0 Å². The zero-order chi connectivity index (χ0) is 18.2. The van der Waals surface area contributed by atoms with E-state index in [1.54, 1.807) is 18.2 Å². The Balaban J connectivity index is 1.93. The largest absolute Gasteiger partial charge is 0.203 e. The Morgan fingerprint density at radius 1 is 0.462 bits per heavy atom. The molecule has 0 saturated heterocycles. The minimum atomic E-state index is -1.83. The third-order valence-electron chi connectivity index (χ3n) is 4.59. The maximum atomic E-state index is 14.1. The van der Waals surface area contributed by atoms with Crippen LogP contribution in [-0.4, -0.2) is 0 Å². The normalized spacial score (nSPS) is 12.0. The van der Waals surface area contributed by atoms with E-state index in [0.29, 0.717) is 10.8 Å². The molecule has 26 heavy (non-hydrogen) atoms. The SMILES string of the molecule is Fc1cc2cc3cc4cc5c(F)c(F)c(F)c(F)c5cc4cc3cc2s1.